The number of halogens is 6. The highest BCUT2D eigenvalue weighted by Crippen LogP contribution is 2.33. The van der Waals surface area contributed by atoms with Crippen molar-refractivity contribution in [3.05, 3.63) is 63.4 Å². The predicted octanol–water partition coefficient (Wildman–Crippen LogP) is 6.38. The number of hydrogen-bond donors (Lipinski definition) is 1. The Morgan fingerprint density at radius 3 is 1.97 bits per heavy atom. The van der Waals surface area contributed by atoms with Gasteiger partial charge in [0.25, 0.3) is 0 Å². The molecule has 1 atom stereocenters. The maximum atomic E-state index is 13.8. The molecule has 35 heavy (non-hydrogen) atoms. The van der Waals surface area contributed by atoms with Crippen LogP contribution in [0.3, 0.4) is 0 Å². The second kappa shape index (κ2) is 10.4. The van der Waals surface area contributed by atoms with Gasteiger partial charge in [-0.2, -0.15) is 18.4 Å². The molecule has 0 aliphatic heterocycles. The number of carbonyl (C=O) groups excluding carboxylic acids is 2. The van der Waals surface area contributed by atoms with Crippen molar-refractivity contribution in [2.24, 2.45) is 5.41 Å². The first-order valence-corrected chi connectivity index (χ1v) is 11.1. The molecule has 1 unspecified atom stereocenters. The summed E-state index contributed by atoms with van der Waals surface area (Å²) in [6.07, 6.45) is -5.56. The average Bonchev–Trinajstić information content (AvgIpc) is 2.74. The minimum Gasteiger partial charge on any atom is -0.324 e. The van der Waals surface area contributed by atoms with Gasteiger partial charge in [0.15, 0.2) is 5.82 Å². The van der Waals surface area contributed by atoms with Gasteiger partial charge in [0.1, 0.15) is 5.54 Å². The molecule has 0 heterocycles. The zero-order valence-electron chi connectivity index (χ0n) is 19.4. The van der Waals surface area contributed by atoms with Crippen LogP contribution in [0.2, 0.25) is 10.0 Å². The highest BCUT2D eigenvalue weighted by molar-refractivity contribution is 6.35. The lowest BCUT2D eigenvalue weighted by atomic mass is 9.85. The van der Waals surface area contributed by atoms with Crippen LogP contribution in [0.4, 0.5) is 23.2 Å². The molecular formula is C24H23Cl2F4N3O2. The van der Waals surface area contributed by atoms with E-state index in [0.717, 1.165) is 12.1 Å². The zero-order chi connectivity index (χ0) is 26.8. The maximum Gasteiger partial charge on any atom is 0.471 e. The summed E-state index contributed by atoms with van der Waals surface area (Å²) >= 11 is 11.6. The van der Waals surface area contributed by atoms with Crippen LogP contribution < -0.4 is 5.32 Å². The van der Waals surface area contributed by atoms with E-state index in [1.54, 1.807) is 20.8 Å². The fourth-order valence-corrected chi connectivity index (χ4v) is 3.87. The summed E-state index contributed by atoms with van der Waals surface area (Å²) in [6, 6.07) is 9.93. The largest absolute Gasteiger partial charge is 0.471 e. The van der Waals surface area contributed by atoms with Crippen LogP contribution in [0.15, 0.2) is 36.4 Å². The monoisotopic (exact) mass is 531 g/mol. The number of nitrogens with one attached hydrogen (secondary N) is 1. The zero-order valence-corrected chi connectivity index (χ0v) is 20.9. The van der Waals surface area contributed by atoms with E-state index in [0.29, 0.717) is 16.0 Å². The second-order valence-electron chi connectivity index (χ2n) is 9.42. The Bertz CT molecular complexity index is 1130. The molecule has 0 saturated carbocycles. The van der Waals surface area contributed by atoms with Gasteiger partial charge in [-0.1, -0.05) is 56.1 Å². The van der Waals surface area contributed by atoms with Crippen LogP contribution in [-0.2, 0) is 16.0 Å². The van der Waals surface area contributed by atoms with Crippen LogP contribution >= 0.6 is 23.2 Å². The molecular weight excluding hydrogens is 509 g/mol. The predicted molar refractivity (Wildman–Crippen MR) is 126 cm³/mol. The van der Waals surface area contributed by atoms with Crippen molar-refractivity contribution >= 4 is 40.7 Å². The number of benzene rings is 2. The average molecular weight is 532 g/mol. The Balaban J connectivity index is 2.62. The van der Waals surface area contributed by atoms with E-state index < -0.39 is 51.4 Å². The number of alkyl halides is 3. The van der Waals surface area contributed by atoms with Crippen molar-refractivity contribution in [3.8, 4) is 6.07 Å². The first-order chi connectivity index (χ1) is 16.0. The minimum atomic E-state index is -5.25. The summed E-state index contributed by atoms with van der Waals surface area (Å²) in [5.74, 6) is -4.08. The summed E-state index contributed by atoms with van der Waals surface area (Å²) in [4.78, 5) is 26.6. The van der Waals surface area contributed by atoms with Crippen molar-refractivity contribution in [1.29, 1.82) is 5.26 Å². The van der Waals surface area contributed by atoms with E-state index in [2.05, 4.69) is 5.32 Å². The van der Waals surface area contributed by atoms with E-state index >= 15 is 0 Å². The number of carbonyl (C=O) groups is 2. The first-order valence-electron chi connectivity index (χ1n) is 10.3. The van der Waals surface area contributed by atoms with Crippen LogP contribution in [0, 0.1) is 22.6 Å². The van der Waals surface area contributed by atoms with E-state index in [-0.39, 0.29) is 12.1 Å². The summed E-state index contributed by atoms with van der Waals surface area (Å²) in [5, 5.41) is 10.6. The van der Waals surface area contributed by atoms with Gasteiger partial charge in [-0.05, 0) is 42.2 Å². The summed E-state index contributed by atoms with van der Waals surface area (Å²) < 4.78 is 54.7. The van der Waals surface area contributed by atoms with Gasteiger partial charge in [0.05, 0.1) is 21.7 Å². The third-order valence-electron chi connectivity index (χ3n) is 5.08. The number of nitriles is 1. The lowest BCUT2D eigenvalue weighted by molar-refractivity contribution is -0.193. The lowest BCUT2D eigenvalue weighted by Crippen LogP contribution is -2.62. The van der Waals surface area contributed by atoms with E-state index in [1.165, 1.54) is 31.2 Å². The van der Waals surface area contributed by atoms with Crippen LogP contribution in [-0.4, -0.2) is 35.0 Å². The molecule has 2 aromatic carbocycles. The van der Waals surface area contributed by atoms with Gasteiger partial charge < -0.3 is 10.2 Å². The van der Waals surface area contributed by atoms with Gasteiger partial charge in [-0.15, -0.1) is 0 Å². The molecule has 0 aromatic heterocycles. The van der Waals surface area contributed by atoms with E-state index in [9.17, 15) is 27.2 Å². The Labute approximate surface area is 210 Å². The molecule has 0 aliphatic carbocycles. The molecule has 2 amide bonds. The number of hydrogen-bond acceptors (Lipinski definition) is 3. The highest BCUT2D eigenvalue weighted by atomic mass is 35.5. The summed E-state index contributed by atoms with van der Waals surface area (Å²) in [7, 11) is 0. The van der Waals surface area contributed by atoms with Crippen molar-refractivity contribution < 1.29 is 27.2 Å². The molecule has 2 aromatic rings. The highest BCUT2D eigenvalue weighted by Gasteiger charge is 2.52. The lowest BCUT2D eigenvalue weighted by Gasteiger charge is -2.43. The minimum absolute atomic E-state index is 0.0624. The summed E-state index contributed by atoms with van der Waals surface area (Å²) in [6.45, 7) is 5.69. The van der Waals surface area contributed by atoms with Crippen molar-refractivity contribution in [2.45, 2.75) is 45.8 Å². The molecule has 0 spiro atoms. The Morgan fingerprint density at radius 1 is 1.03 bits per heavy atom. The van der Waals surface area contributed by atoms with Crippen LogP contribution in [0.25, 0.3) is 0 Å². The number of anilines is 1. The standard InChI is InChI=1S/C24H23Cl2F4N3O2/c1-22(2,3)13-33(21(35)24(28,29)30)23(4,11-14-5-7-15(12-31)8-6-14)20(34)32-16-9-17(25)19(27)18(26)10-16/h5-10H,11,13H2,1-4H3,(H,32,34). The molecule has 5 nitrogen and oxygen atoms in total. The molecule has 188 valence electrons. The Morgan fingerprint density at radius 2 is 1.54 bits per heavy atom. The Kier molecular flexibility index (Phi) is 8.46. The fourth-order valence-electron chi connectivity index (χ4n) is 3.38. The first kappa shape index (κ1) is 28.4. The molecule has 0 saturated heterocycles. The van der Waals surface area contributed by atoms with Gasteiger partial charge >= 0.3 is 12.1 Å². The second-order valence-corrected chi connectivity index (χ2v) is 10.2. The molecule has 0 aliphatic rings. The van der Waals surface area contributed by atoms with Crippen molar-refractivity contribution in [1.82, 2.24) is 4.90 Å². The van der Waals surface area contributed by atoms with Crippen molar-refractivity contribution in [2.75, 3.05) is 11.9 Å². The maximum absolute atomic E-state index is 13.8. The SMILES string of the molecule is CC(C)(C)CN(C(=O)C(F)(F)F)C(C)(Cc1ccc(C#N)cc1)C(=O)Nc1cc(Cl)c(F)c(Cl)c1. The van der Waals surface area contributed by atoms with Crippen LogP contribution in [0.5, 0.6) is 0 Å². The van der Waals surface area contributed by atoms with Gasteiger partial charge in [0.2, 0.25) is 5.91 Å². The van der Waals surface area contributed by atoms with Gasteiger partial charge in [-0.3, -0.25) is 9.59 Å². The molecule has 0 bridgehead atoms. The molecule has 1 N–H and O–H groups in total. The topological polar surface area (TPSA) is 73.2 Å². The summed E-state index contributed by atoms with van der Waals surface area (Å²) in [5.41, 5.74) is -2.21. The third kappa shape index (κ3) is 7.09. The number of amides is 2. The van der Waals surface area contributed by atoms with Crippen LogP contribution in [0.1, 0.15) is 38.8 Å². The van der Waals surface area contributed by atoms with Gasteiger partial charge in [0, 0.05) is 18.7 Å². The normalized spacial score (nSPS) is 13.5. The molecule has 11 heteroatoms. The number of nitrogens with zero attached hydrogens (tertiary/aromatic N) is 2. The Hall–Kier alpha value is -2.83. The van der Waals surface area contributed by atoms with E-state index in [4.69, 9.17) is 28.5 Å². The molecule has 2 rings (SSSR count). The molecule has 0 radical (unpaired) electrons. The van der Waals surface area contributed by atoms with E-state index in [1.807, 2.05) is 6.07 Å². The van der Waals surface area contributed by atoms with Gasteiger partial charge in [-0.25, -0.2) is 4.39 Å². The fraction of sp³-hybridized carbons (Fsp3) is 0.375. The quantitative estimate of drug-likeness (QED) is 0.347. The van der Waals surface area contributed by atoms with Crippen molar-refractivity contribution in [3.63, 3.8) is 0 Å². The smallest absolute Gasteiger partial charge is 0.324 e. The number of rotatable bonds is 6. The third-order valence-corrected chi connectivity index (χ3v) is 5.63. The molecule has 0 fully saturated rings.